The van der Waals surface area contributed by atoms with E-state index < -0.39 is 21.7 Å². The largest absolute Gasteiger partial charge is 0.407 e. The number of halogens is 3. The van der Waals surface area contributed by atoms with E-state index in [1.165, 1.54) is 12.1 Å². The van der Waals surface area contributed by atoms with Crippen LogP contribution in [0.4, 0.5) is 13.2 Å². The molecule has 0 aromatic carbocycles. The summed E-state index contributed by atoms with van der Waals surface area (Å²) in [7, 11) is -4.24. The summed E-state index contributed by atoms with van der Waals surface area (Å²) in [6, 6.07) is 2.55. The lowest BCUT2D eigenvalue weighted by molar-refractivity contribution is -0.160. The van der Waals surface area contributed by atoms with E-state index in [0.29, 0.717) is 5.69 Å². The summed E-state index contributed by atoms with van der Waals surface area (Å²) in [5, 5.41) is 0. The van der Waals surface area contributed by atoms with E-state index in [9.17, 15) is 21.6 Å². The monoisotopic (exact) mass is 295 g/mol. The molecule has 9 heteroatoms. The van der Waals surface area contributed by atoms with Crippen LogP contribution in [0, 0.1) is 0 Å². The minimum absolute atomic E-state index is 0.125. The van der Waals surface area contributed by atoms with Crippen molar-refractivity contribution in [1.82, 2.24) is 9.71 Å². The van der Waals surface area contributed by atoms with E-state index in [0.717, 1.165) is 6.20 Å². The Kier molecular flexibility index (Phi) is 3.31. The zero-order chi connectivity index (χ0) is 14.3. The van der Waals surface area contributed by atoms with Gasteiger partial charge in [0, 0.05) is 12.7 Å². The lowest BCUT2D eigenvalue weighted by Gasteiger charge is -2.20. The molecule has 106 valence electrons. The summed E-state index contributed by atoms with van der Waals surface area (Å²) in [4.78, 5) is 3.45. The summed E-state index contributed by atoms with van der Waals surface area (Å²) in [5.41, 5.74) is 3.43. The van der Waals surface area contributed by atoms with Gasteiger partial charge >= 0.3 is 6.18 Å². The first-order valence-electron chi connectivity index (χ1n) is 5.46. The number of hydrogen-bond acceptors (Lipinski definition) is 4. The van der Waals surface area contributed by atoms with Crippen LogP contribution in [0.3, 0.4) is 0 Å². The Labute approximate surface area is 108 Å². The molecule has 1 fully saturated rings. The maximum atomic E-state index is 12.7. The van der Waals surface area contributed by atoms with Crippen molar-refractivity contribution in [2.75, 3.05) is 0 Å². The predicted molar refractivity (Wildman–Crippen MR) is 60.5 cm³/mol. The van der Waals surface area contributed by atoms with Crippen LogP contribution in [0.5, 0.6) is 0 Å². The van der Waals surface area contributed by atoms with Crippen LogP contribution < -0.4 is 10.5 Å². The molecule has 0 aliphatic heterocycles. The van der Waals surface area contributed by atoms with Crippen molar-refractivity contribution in [1.29, 1.82) is 0 Å². The minimum atomic E-state index is -4.59. The molecule has 3 N–H and O–H groups in total. The Hall–Kier alpha value is -1.19. The molecular formula is C10H12F3N3O2S. The van der Waals surface area contributed by atoms with Crippen LogP contribution in [-0.2, 0) is 16.6 Å². The number of nitrogens with zero attached hydrogens (tertiary/aromatic N) is 1. The molecule has 1 saturated carbocycles. The van der Waals surface area contributed by atoms with Crippen LogP contribution in [0.25, 0.3) is 0 Å². The molecule has 0 amide bonds. The fourth-order valence-electron chi connectivity index (χ4n) is 1.58. The van der Waals surface area contributed by atoms with Gasteiger partial charge in [-0.25, -0.2) is 8.42 Å². The third kappa shape index (κ3) is 2.72. The van der Waals surface area contributed by atoms with Crippen molar-refractivity contribution in [2.24, 2.45) is 5.73 Å². The fraction of sp³-hybridized carbons (Fsp3) is 0.500. The highest BCUT2D eigenvalue weighted by atomic mass is 32.2. The Balaban J connectivity index is 2.23. The molecule has 1 heterocycles. The maximum absolute atomic E-state index is 12.7. The molecular weight excluding hydrogens is 283 g/mol. The van der Waals surface area contributed by atoms with Crippen molar-refractivity contribution < 1.29 is 21.6 Å². The van der Waals surface area contributed by atoms with Crippen LogP contribution in [0.1, 0.15) is 18.5 Å². The molecule has 0 unspecified atom stereocenters. The lowest BCUT2D eigenvalue weighted by atomic mass is 10.3. The third-order valence-corrected chi connectivity index (χ3v) is 4.46. The van der Waals surface area contributed by atoms with Gasteiger partial charge < -0.3 is 5.73 Å². The summed E-state index contributed by atoms with van der Waals surface area (Å²) < 4.78 is 63.5. The maximum Gasteiger partial charge on any atom is 0.407 e. The highest BCUT2D eigenvalue weighted by Crippen LogP contribution is 2.49. The van der Waals surface area contributed by atoms with Gasteiger partial charge in [0.05, 0.1) is 5.69 Å². The van der Waals surface area contributed by atoms with Gasteiger partial charge in [0.1, 0.15) is 10.4 Å². The van der Waals surface area contributed by atoms with Crippen LogP contribution in [0.2, 0.25) is 0 Å². The fourth-order valence-corrected chi connectivity index (χ4v) is 2.97. The second kappa shape index (κ2) is 4.43. The minimum Gasteiger partial charge on any atom is -0.325 e. The molecule has 0 bridgehead atoms. The van der Waals surface area contributed by atoms with Gasteiger partial charge in [-0.05, 0) is 25.0 Å². The second-order valence-corrected chi connectivity index (χ2v) is 6.06. The van der Waals surface area contributed by atoms with Gasteiger partial charge in [0.15, 0.2) is 0 Å². The smallest absolute Gasteiger partial charge is 0.325 e. The van der Waals surface area contributed by atoms with Gasteiger partial charge in [-0.2, -0.15) is 17.9 Å². The quantitative estimate of drug-likeness (QED) is 0.864. The normalized spacial score (nSPS) is 18.3. The predicted octanol–water partition coefficient (Wildman–Crippen LogP) is 0.914. The molecule has 0 atom stereocenters. The Bertz CT molecular complexity index is 565. The van der Waals surface area contributed by atoms with E-state index in [4.69, 9.17) is 5.73 Å². The van der Waals surface area contributed by atoms with Gasteiger partial charge in [-0.15, -0.1) is 0 Å². The average Bonchev–Trinajstić information content (AvgIpc) is 3.09. The van der Waals surface area contributed by atoms with E-state index in [-0.39, 0.29) is 24.3 Å². The van der Waals surface area contributed by atoms with Crippen molar-refractivity contribution in [3.05, 3.63) is 24.0 Å². The second-order valence-electron chi connectivity index (χ2n) is 4.37. The molecule has 1 aliphatic rings. The SMILES string of the molecule is NCc1ccc(S(=O)(=O)NC2(C(F)(F)F)CC2)cn1. The van der Waals surface area contributed by atoms with Crippen LogP contribution in [0.15, 0.2) is 23.2 Å². The van der Waals surface area contributed by atoms with E-state index in [1.54, 1.807) is 4.72 Å². The van der Waals surface area contributed by atoms with Crippen molar-refractivity contribution in [3.63, 3.8) is 0 Å². The molecule has 1 aliphatic carbocycles. The number of pyridine rings is 1. The van der Waals surface area contributed by atoms with Gasteiger partial charge in [0.25, 0.3) is 0 Å². The number of nitrogens with two attached hydrogens (primary N) is 1. The highest BCUT2D eigenvalue weighted by Gasteiger charge is 2.65. The van der Waals surface area contributed by atoms with Crippen LogP contribution >= 0.6 is 0 Å². The molecule has 1 aromatic heterocycles. The first kappa shape index (κ1) is 14.2. The lowest BCUT2D eigenvalue weighted by Crippen LogP contribution is -2.47. The molecule has 0 radical (unpaired) electrons. The van der Waals surface area contributed by atoms with Gasteiger partial charge in [-0.3, -0.25) is 4.98 Å². The standard InChI is InChI=1S/C10H12F3N3O2S/c11-10(12,13)9(3-4-9)16-19(17,18)8-2-1-7(5-14)15-6-8/h1-2,6,16H,3-5,14H2. The first-order chi connectivity index (χ1) is 8.70. The molecule has 0 saturated heterocycles. The topological polar surface area (TPSA) is 85.1 Å². The van der Waals surface area contributed by atoms with E-state index in [1.807, 2.05) is 0 Å². The molecule has 19 heavy (non-hydrogen) atoms. The summed E-state index contributed by atoms with van der Waals surface area (Å²) in [6.07, 6.45) is -4.09. The summed E-state index contributed by atoms with van der Waals surface area (Å²) in [6.45, 7) is 0.125. The number of aromatic nitrogens is 1. The molecule has 2 rings (SSSR count). The zero-order valence-corrected chi connectivity index (χ0v) is 10.6. The van der Waals surface area contributed by atoms with Crippen molar-refractivity contribution in [2.45, 2.75) is 36.0 Å². The highest BCUT2D eigenvalue weighted by molar-refractivity contribution is 7.89. The number of nitrogens with one attached hydrogen (secondary N) is 1. The zero-order valence-electron chi connectivity index (χ0n) is 9.74. The third-order valence-electron chi connectivity index (χ3n) is 2.94. The molecule has 5 nitrogen and oxygen atoms in total. The van der Waals surface area contributed by atoms with Crippen molar-refractivity contribution in [3.8, 4) is 0 Å². The molecule has 1 aromatic rings. The Morgan fingerprint density at radius 3 is 2.37 bits per heavy atom. The first-order valence-corrected chi connectivity index (χ1v) is 6.94. The average molecular weight is 295 g/mol. The number of alkyl halides is 3. The van der Waals surface area contributed by atoms with Crippen molar-refractivity contribution >= 4 is 10.0 Å². The van der Waals surface area contributed by atoms with E-state index in [2.05, 4.69) is 4.98 Å². The number of rotatable bonds is 4. The molecule has 0 spiro atoms. The van der Waals surface area contributed by atoms with Gasteiger partial charge in [0.2, 0.25) is 10.0 Å². The number of hydrogen-bond donors (Lipinski definition) is 2. The number of sulfonamides is 1. The van der Waals surface area contributed by atoms with Crippen LogP contribution in [-0.4, -0.2) is 25.1 Å². The Morgan fingerprint density at radius 2 is 2.00 bits per heavy atom. The summed E-state index contributed by atoms with van der Waals surface area (Å²) in [5.74, 6) is 0. The summed E-state index contributed by atoms with van der Waals surface area (Å²) >= 11 is 0. The Morgan fingerprint density at radius 1 is 1.37 bits per heavy atom. The van der Waals surface area contributed by atoms with E-state index >= 15 is 0 Å². The van der Waals surface area contributed by atoms with Gasteiger partial charge in [-0.1, -0.05) is 0 Å².